The standard InChI is InChI=1S/C20H17N3O5S2/c24-20(16-6-1-2-7-18(16)23(25)26)21-15-9-10-17-14(13-15)5-3-11-22(17)30(27,28)19-8-4-12-29-19/h1-2,4,6-10,12-13H,3,5,11H2,(H,21,24). The minimum atomic E-state index is -3.64. The number of nitrogens with one attached hydrogen (secondary N) is 1. The number of benzene rings is 2. The van der Waals surface area contributed by atoms with Crippen molar-refractivity contribution in [3.8, 4) is 0 Å². The van der Waals surface area contributed by atoms with Gasteiger partial charge in [0.15, 0.2) is 0 Å². The molecule has 1 N–H and O–H groups in total. The van der Waals surface area contributed by atoms with Gasteiger partial charge in [-0.3, -0.25) is 19.2 Å². The van der Waals surface area contributed by atoms with Gasteiger partial charge < -0.3 is 5.32 Å². The van der Waals surface area contributed by atoms with Crippen molar-refractivity contribution in [2.45, 2.75) is 17.1 Å². The van der Waals surface area contributed by atoms with Crippen LogP contribution in [0.2, 0.25) is 0 Å². The summed E-state index contributed by atoms with van der Waals surface area (Å²) in [5.41, 5.74) is 1.51. The molecule has 3 aromatic rings. The number of thiophene rings is 1. The Morgan fingerprint density at radius 1 is 1.13 bits per heavy atom. The average Bonchev–Trinajstić information content (AvgIpc) is 3.29. The van der Waals surface area contributed by atoms with Crippen molar-refractivity contribution >= 4 is 44.3 Å². The molecule has 1 aliphatic rings. The third-order valence-corrected chi connectivity index (χ3v) is 7.98. The molecule has 154 valence electrons. The van der Waals surface area contributed by atoms with Gasteiger partial charge in [0.25, 0.3) is 21.6 Å². The first-order valence-electron chi connectivity index (χ1n) is 9.12. The van der Waals surface area contributed by atoms with E-state index in [1.165, 1.54) is 33.8 Å². The molecule has 0 saturated carbocycles. The maximum Gasteiger partial charge on any atom is 0.282 e. The topological polar surface area (TPSA) is 110 Å². The molecule has 10 heteroatoms. The molecular formula is C20H17N3O5S2. The first-order valence-corrected chi connectivity index (χ1v) is 11.4. The van der Waals surface area contributed by atoms with E-state index in [1.807, 2.05) is 0 Å². The van der Waals surface area contributed by atoms with Gasteiger partial charge in [0.1, 0.15) is 9.77 Å². The molecule has 30 heavy (non-hydrogen) atoms. The zero-order valence-electron chi connectivity index (χ0n) is 15.6. The highest BCUT2D eigenvalue weighted by Crippen LogP contribution is 2.35. The van der Waals surface area contributed by atoms with Crippen molar-refractivity contribution in [2.24, 2.45) is 0 Å². The number of sulfonamides is 1. The number of hydrogen-bond acceptors (Lipinski definition) is 6. The van der Waals surface area contributed by atoms with Gasteiger partial charge in [-0.15, -0.1) is 11.3 Å². The predicted octanol–water partition coefficient (Wildman–Crippen LogP) is 4.05. The van der Waals surface area contributed by atoms with E-state index in [2.05, 4.69) is 5.32 Å². The lowest BCUT2D eigenvalue weighted by atomic mass is 10.0. The largest absolute Gasteiger partial charge is 0.322 e. The smallest absolute Gasteiger partial charge is 0.282 e. The van der Waals surface area contributed by atoms with E-state index in [9.17, 15) is 23.3 Å². The molecule has 1 aromatic heterocycles. The maximum absolute atomic E-state index is 13.0. The second-order valence-electron chi connectivity index (χ2n) is 6.68. The number of nitro groups is 1. The van der Waals surface area contributed by atoms with Gasteiger partial charge in [0.05, 0.1) is 10.6 Å². The van der Waals surface area contributed by atoms with E-state index in [1.54, 1.807) is 41.8 Å². The summed E-state index contributed by atoms with van der Waals surface area (Å²) in [5, 5.41) is 15.6. The number of carbonyl (C=O) groups excluding carboxylic acids is 1. The number of rotatable bonds is 5. The van der Waals surface area contributed by atoms with E-state index in [-0.39, 0.29) is 15.5 Å². The van der Waals surface area contributed by atoms with Crippen LogP contribution in [0.1, 0.15) is 22.3 Å². The number of hydrogen-bond donors (Lipinski definition) is 1. The minimum absolute atomic E-state index is 0.0397. The lowest BCUT2D eigenvalue weighted by Crippen LogP contribution is -2.35. The third kappa shape index (κ3) is 3.66. The number of anilines is 2. The molecule has 0 atom stereocenters. The summed E-state index contributed by atoms with van der Waals surface area (Å²) in [6.45, 7) is 0.384. The summed E-state index contributed by atoms with van der Waals surface area (Å²) in [6.07, 6.45) is 1.32. The highest BCUT2D eigenvalue weighted by atomic mass is 32.2. The summed E-state index contributed by atoms with van der Waals surface area (Å²) < 4.78 is 27.6. The van der Waals surface area contributed by atoms with Gasteiger partial charge >= 0.3 is 0 Å². The molecule has 0 bridgehead atoms. The SMILES string of the molecule is O=C(Nc1ccc2c(c1)CCCN2S(=O)(=O)c1cccs1)c1ccccc1[N+](=O)[O-]. The Morgan fingerprint density at radius 2 is 1.93 bits per heavy atom. The highest BCUT2D eigenvalue weighted by molar-refractivity contribution is 7.94. The van der Waals surface area contributed by atoms with Crippen LogP contribution in [0.4, 0.5) is 17.1 Å². The number of para-hydroxylation sites is 1. The number of fused-ring (bicyclic) bond motifs is 1. The normalized spacial score (nSPS) is 13.5. The van der Waals surface area contributed by atoms with E-state index in [0.29, 0.717) is 30.8 Å². The third-order valence-electron chi connectivity index (χ3n) is 4.80. The summed E-state index contributed by atoms with van der Waals surface area (Å²) in [4.78, 5) is 23.1. The molecule has 4 rings (SSSR count). The lowest BCUT2D eigenvalue weighted by molar-refractivity contribution is -0.385. The number of nitro benzene ring substituents is 1. The Balaban J connectivity index is 1.62. The van der Waals surface area contributed by atoms with Crippen molar-refractivity contribution in [1.29, 1.82) is 0 Å². The molecule has 0 unspecified atom stereocenters. The Hall–Kier alpha value is -3.24. The molecular weight excluding hydrogens is 426 g/mol. The van der Waals surface area contributed by atoms with Crippen LogP contribution in [-0.2, 0) is 16.4 Å². The fourth-order valence-corrected chi connectivity index (χ4v) is 6.08. The minimum Gasteiger partial charge on any atom is -0.322 e. The van der Waals surface area contributed by atoms with Gasteiger partial charge in [0, 0.05) is 18.3 Å². The number of carbonyl (C=O) groups is 1. The first kappa shape index (κ1) is 20.0. The van der Waals surface area contributed by atoms with Gasteiger partial charge in [-0.05, 0) is 54.1 Å². The second kappa shape index (κ2) is 7.88. The van der Waals surface area contributed by atoms with Crippen molar-refractivity contribution in [1.82, 2.24) is 0 Å². The molecule has 8 nitrogen and oxygen atoms in total. The van der Waals surface area contributed by atoms with Gasteiger partial charge in [0.2, 0.25) is 0 Å². The van der Waals surface area contributed by atoms with Crippen LogP contribution in [0.3, 0.4) is 0 Å². The second-order valence-corrected chi connectivity index (χ2v) is 9.72. The Kier molecular flexibility index (Phi) is 5.27. The molecule has 0 saturated heterocycles. The zero-order valence-corrected chi connectivity index (χ0v) is 17.3. The van der Waals surface area contributed by atoms with E-state index >= 15 is 0 Å². The molecule has 0 aliphatic carbocycles. The summed E-state index contributed by atoms with van der Waals surface area (Å²) in [6, 6.07) is 14.0. The molecule has 2 aromatic carbocycles. The van der Waals surface area contributed by atoms with Crippen molar-refractivity contribution in [3.63, 3.8) is 0 Å². The average molecular weight is 444 g/mol. The van der Waals surface area contributed by atoms with Gasteiger partial charge in [-0.1, -0.05) is 18.2 Å². The monoisotopic (exact) mass is 443 g/mol. The number of amides is 1. The van der Waals surface area contributed by atoms with Crippen LogP contribution in [0.15, 0.2) is 64.2 Å². The summed E-state index contributed by atoms with van der Waals surface area (Å²) in [7, 11) is -3.64. The van der Waals surface area contributed by atoms with Crippen LogP contribution in [0.5, 0.6) is 0 Å². The zero-order chi connectivity index (χ0) is 21.3. The van der Waals surface area contributed by atoms with E-state index in [4.69, 9.17) is 0 Å². The van der Waals surface area contributed by atoms with Crippen molar-refractivity contribution < 1.29 is 18.1 Å². The highest BCUT2D eigenvalue weighted by Gasteiger charge is 2.30. The maximum atomic E-state index is 13.0. The van der Waals surface area contributed by atoms with Crippen LogP contribution in [0, 0.1) is 10.1 Å². The van der Waals surface area contributed by atoms with Crippen LogP contribution in [0.25, 0.3) is 0 Å². The Labute approximate surface area is 177 Å². The van der Waals surface area contributed by atoms with Gasteiger partial charge in [-0.2, -0.15) is 0 Å². The molecule has 0 fully saturated rings. The fourth-order valence-electron chi connectivity index (χ4n) is 3.43. The quantitative estimate of drug-likeness (QED) is 0.473. The van der Waals surface area contributed by atoms with Crippen LogP contribution >= 0.6 is 11.3 Å². The molecule has 1 amide bonds. The number of nitrogens with zero attached hydrogens (tertiary/aromatic N) is 2. The van der Waals surface area contributed by atoms with Crippen LogP contribution in [-0.4, -0.2) is 25.8 Å². The molecule has 1 aliphatic heterocycles. The molecule has 0 radical (unpaired) electrons. The fraction of sp³-hybridized carbons (Fsp3) is 0.150. The lowest BCUT2D eigenvalue weighted by Gasteiger charge is -2.30. The van der Waals surface area contributed by atoms with E-state index < -0.39 is 20.9 Å². The van der Waals surface area contributed by atoms with Crippen LogP contribution < -0.4 is 9.62 Å². The molecule has 2 heterocycles. The summed E-state index contributed by atoms with van der Waals surface area (Å²) >= 11 is 1.17. The number of aryl methyl sites for hydroxylation is 1. The van der Waals surface area contributed by atoms with Crippen molar-refractivity contribution in [2.75, 3.05) is 16.2 Å². The first-order chi connectivity index (χ1) is 14.4. The Morgan fingerprint density at radius 3 is 2.67 bits per heavy atom. The molecule has 0 spiro atoms. The van der Waals surface area contributed by atoms with E-state index in [0.717, 1.165) is 5.56 Å². The summed E-state index contributed by atoms with van der Waals surface area (Å²) in [5.74, 6) is -0.596. The van der Waals surface area contributed by atoms with Crippen molar-refractivity contribution in [3.05, 3.63) is 81.2 Å². The Bertz CT molecular complexity index is 1220. The van der Waals surface area contributed by atoms with Gasteiger partial charge in [-0.25, -0.2) is 8.42 Å². The predicted molar refractivity (Wildman–Crippen MR) is 115 cm³/mol.